The predicted molar refractivity (Wildman–Crippen MR) is 150 cm³/mol. The SMILES string of the molecule is CC1(C)C(NC(=O)C2=C/C=C\C=C([I-]C3=C/C=C\C=C/C=C\3)/C=C\2)C(C)(C)C1Oc1ccc(C#N)c(Cl)c1. The second-order valence-corrected chi connectivity index (χ2v) is 13.9. The molecule has 196 valence electrons. The smallest absolute Gasteiger partial charge is 0.192 e. The standard InChI is InChI=1S/C32H31ClIN2O2/c1-31(2)29(32(3,4)30(31)38-26-19-17-23(21-35)27(33)20-26)36-28(37)22-12-10-11-15-25(18-16-22)34-24-13-8-6-5-7-9-14-24/h5-20,29-30H,1-4H3,(H,36,37)/q-1/b6-5-,7-5?,8-6?,9-7-,11-10-,12-10?,13-8-,14-9?,15-11?,18-16-,22-12+,22-16?,24-13?,24-14+,25-15+,25-18?. The Bertz CT molecular complexity index is 1380. The summed E-state index contributed by atoms with van der Waals surface area (Å²) < 4.78 is 8.88. The van der Waals surface area contributed by atoms with Crippen LogP contribution in [0, 0.1) is 22.2 Å². The maximum absolute atomic E-state index is 13.4. The third-order valence-corrected chi connectivity index (χ3v) is 9.93. The number of rotatable bonds is 6. The average molecular weight is 638 g/mol. The molecule has 1 aromatic rings. The number of hydrogen-bond donors (Lipinski definition) is 1. The van der Waals surface area contributed by atoms with E-state index in [1.807, 2.05) is 42.5 Å². The Morgan fingerprint density at radius 2 is 1.55 bits per heavy atom. The zero-order valence-corrected chi connectivity index (χ0v) is 24.8. The van der Waals surface area contributed by atoms with Crippen LogP contribution >= 0.6 is 11.6 Å². The molecule has 0 aliphatic heterocycles. The van der Waals surface area contributed by atoms with E-state index in [1.54, 1.807) is 18.2 Å². The molecule has 6 heteroatoms. The van der Waals surface area contributed by atoms with Crippen molar-refractivity contribution in [2.24, 2.45) is 10.8 Å². The number of hydrogen-bond acceptors (Lipinski definition) is 3. The topological polar surface area (TPSA) is 62.1 Å². The van der Waals surface area contributed by atoms with Crippen LogP contribution in [-0.2, 0) is 4.79 Å². The van der Waals surface area contributed by atoms with Crippen molar-refractivity contribution in [3.8, 4) is 11.8 Å². The number of halogens is 2. The van der Waals surface area contributed by atoms with Gasteiger partial charge >= 0.3 is 202 Å². The number of carbonyl (C=O) groups is 1. The third-order valence-electron chi connectivity index (χ3n) is 6.93. The maximum atomic E-state index is 13.4. The molecule has 4 nitrogen and oxygen atoms in total. The number of amides is 1. The molecule has 0 bridgehead atoms. The van der Waals surface area contributed by atoms with E-state index in [-0.39, 0.29) is 50.1 Å². The Labute approximate surface area is 240 Å². The van der Waals surface area contributed by atoms with Gasteiger partial charge in [0.05, 0.1) is 10.6 Å². The van der Waals surface area contributed by atoms with Crippen molar-refractivity contribution in [1.82, 2.24) is 5.32 Å². The van der Waals surface area contributed by atoms with E-state index in [4.69, 9.17) is 21.6 Å². The van der Waals surface area contributed by atoms with Gasteiger partial charge in [-0.3, -0.25) is 0 Å². The summed E-state index contributed by atoms with van der Waals surface area (Å²) in [6.45, 7) is 8.41. The van der Waals surface area contributed by atoms with Crippen LogP contribution in [0.3, 0.4) is 0 Å². The molecular weight excluding hydrogens is 607 g/mol. The molecule has 1 saturated carbocycles. The van der Waals surface area contributed by atoms with Gasteiger partial charge in [-0.15, -0.1) is 0 Å². The van der Waals surface area contributed by atoms with Crippen molar-refractivity contribution in [3.05, 3.63) is 121 Å². The summed E-state index contributed by atoms with van der Waals surface area (Å²) in [5, 5.41) is 12.8. The number of allylic oxidation sites excluding steroid dienone is 14. The molecule has 3 aliphatic rings. The van der Waals surface area contributed by atoms with Crippen LogP contribution in [0.15, 0.2) is 110 Å². The molecule has 38 heavy (non-hydrogen) atoms. The van der Waals surface area contributed by atoms with E-state index >= 15 is 0 Å². The Morgan fingerprint density at radius 1 is 0.921 bits per heavy atom. The zero-order chi connectivity index (χ0) is 27.3. The monoisotopic (exact) mass is 637 g/mol. The van der Waals surface area contributed by atoms with Crippen molar-refractivity contribution in [2.75, 3.05) is 0 Å². The van der Waals surface area contributed by atoms with Crippen LogP contribution in [0.2, 0.25) is 5.02 Å². The van der Waals surface area contributed by atoms with Gasteiger partial charge in [-0.25, -0.2) is 0 Å². The van der Waals surface area contributed by atoms with Crippen molar-refractivity contribution in [1.29, 1.82) is 5.26 Å². The summed E-state index contributed by atoms with van der Waals surface area (Å²) in [5.41, 5.74) is 0.390. The molecule has 0 atom stereocenters. The second-order valence-electron chi connectivity index (χ2n) is 10.5. The van der Waals surface area contributed by atoms with Crippen LogP contribution in [0.4, 0.5) is 0 Å². The van der Waals surface area contributed by atoms with Crippen molar-refractivity contribution in [3.63, 3.8) is 0 Å². The Kier molecular flexibility index (Phi) is 8.64. The summed E-state index contributed by atoms with van der Waals surface area (Å²) in [4.78, 5) is 13.4. The van der Waals surface area contributed by atoms with E-state index in [0.29, 0.717) is 21.9 Å². The quantitative estimate of drug-likeness (QED) is 0.478. The van der Waals surface area contributed by atoms with Gasteiger partial charge in [0.15, 0.2) is 0 Å². The zero-order valence-electron chi connectivity index (χ0n) is 21.9. The minimum absolute atomic E-state index is 0.0995. The Hall–Kier alpha value is -3.08. The number of ether oxygens (including phenoxy) is 1. The van der Waals surface area contributed by atoms with Crippen molar-refractivity contribution < 1.29 is 30.7 Å². The Balaban J connectivity index is 1.43. The summed E-state index contributed by atoms with van der Waals surface area (Å²) in [6, 6.07) is 7.08. The van der Waals surface area contributed by atoms with E-state index in [0.717, 1.165) is 0 Å². The molecule has 0 saturated heterocycles. The van der Waals surface area contributed by atoms with Crippen molar-refractivity contribution in [2.45, 2.75) is 39.8 Å². The molecule has 0 aromatic heterocycles. The fourth-order valence-corrected chi connectivity index (χ4v) is 7.80. The van der Waals surface area contributed by atoms with Crippen LogP contribution in [0.1, 0.15) is 33.3 Å². The predicted octanol–water partition coefficient (Wildman–Crippen LogP) is 4.10. The van der Waals surface area contributed by atoms with E-state index in [1.165, 1.54) is 7.16 Å². The van der Waals surface area contributed by atoms with E-state index in [2.05, 4.69) is 75.5 Å². The first kappa shape index (κ1) is 27.9. The first-order chi connectivity index (χ1) is 18.1. The van der Waals surface area contributed by atoms with Gasteiger partial charge in [-0.1, -0.05) is 11.6 Å². The molecular formula is C32H31ClIN2O2-. The van der Waals surface area contributed by atoms with Crippen LogP contribution in [0.25, 0.3) is 0 Å². The van der Waals surface area contributed by atoms with Gasteiger partial charge in [0.1, 0.15) is 6.07 Å². The molecule has 0 radical (unpaired) electrons. The number of carbonyl (C=O) groups excluding carboxylic acids is 1. The molecule has 1 aromatic carbocycles. The van der Waals surface area contributed by atoms with Gasteiger partial charge in [0.25, 0.3) is 0 Å². The van der Waals surface area contributed by atoms with Gasteiger partial charge in [-0.05, 0) is 6.07 Å². The molecule has 0 spiro atoms. The number of nitrogens with zero attached hydrogens (tertiary/aromatic N) is 1. The summed E-state index contributed by atoms with van der Waals surface area (Å²) in [7, 11) is 0. The fourth-order valence-electron chi connectivity index (χ4n) is 5.34. The van der Waals surface area contributed by atoms with Gasteiger partial charge in [-0.2, -0.15) is 5.26 Å². The minimum Gasteiger partial charge on any atom is -0.192 e. The average Bonchev–Trinajstić information content (AvgIpc) is 2.83. The first-order valence-electron chi connectivity index (χ1n) is 12.4. The third kappa shape index (κ3) is 6.14. The van der Waals surface area contributed by atoms with Gasteiger partial charge in [0, 0.05) is 0 Å². The van der Waals surface area contributed by atoms with Gasteiger partial charge in [0.2, 0.25) is 0 Å². The van der Waals surface area contributed by atoms with E-state index < -0.39 is 0 Å². The van der Waals surface area contributed by atoms with Crippen LogP contribution < -0.4 is 31.3 Å². The molecule has 1 N–H and O–H groups in total. The summed E-state index contributed by atoms with van der Waals surface area (Å²) >= 11 is 5.83. The molecule has 0 heterocycles. The van der Waals surface area contributed by atoms with Crippen LogP contribution in [0.5, 0.6) is 5.75 Å². The second kappa shape index (κ2) is 11.8. The van der Waals surface area contributed by atoms with Crippen LogP contribution in [-0.4, -0.2) is 18.1 Å². The number of benzene rings is 1. The first-order valence-corrected chi connectivity index (χ1v) is 15.0. The number of nitrogens with one attached hydrogen (secondary N) is 1. The molecule has 1 amide bonds. The molecule has 1 fully saturated rings. The molecule has 0 unspecified atom stereocenters. The van der Waals surface area contributed by atoms with Crippen molar-refractivity contribution >= 4 is 17.5 Å². The summed E-state index contributed by atoms with van der Waals surface area (Å²) in [5.74, 6) is 0.513. The molecule has 4 rings (SSSR count). The fraction of sp³-hybridized carbons (Fsp3) is 0.250. The minimum atomic E-state index is -0.385. The Morgan fingerprint density at radius 3 is 2.26 bits per heavy atom. The van der Waals surface area contributed by atoms with E-state index in [9.17, 15) is 4.79 Å². The number of nitriles is 1. The summed E-state index contributed by atoms with van der Waals surface area (Å²) in [6.07, 6.45) is 26.2. The molecule has 3 aliphatic carbocycles. The van der Waals surface area contributed by atoms with Gasteiger partial charge < -0.3 is 0 Å². The normalized spacial score (nSPS) is 31.3.